The number of anilines is 2. The molecule has 2 aromatic rings. The largest absolute Gasteiger partial charge is 0.337 e. The van der Waals surface area contributed by atoms with Crippen LogP contribution in [0.5, 0.6) is 0 Å². The average Bonchev–Trinajstić information content (AvgIpc) is 3.01. The number of carbonyl (C=O) groups is 1. The third kappa shape index (κ3) is 4.17. The van der Waals surface area contributed by atoms with Crippen LogP contribution in [0, 0.1) is 11.3 Å². The standard InChI is InChI=1S/C17H15Cl2N5OS/c1-24-6-5-12-14(9-24)26-17(23-12)21-8-10(7-20)16(25)22-13-4-2-3-11(18)15(13)19/h2-4,8H,5-6,9H2,1H3,(H,21,23)(H,22,25)/b10-8-. The third-order valence-corrected chi connectivity index (χ3v) is 5.66. The summed E-state index contributed by atoms with van der Waals surface area (Å²) in [5.74, 6) is -0.579. The Balaban J connectivity index is 1.71. The minimum absolute atomic E-state index is 0.0914. The zero-order valence-electron chi connectivity index (χ0n) is 13.8. The van der Waals surface area contributed by atoms with E-state index in [4.69, 9.17) is 23.2 Å². The van der Waals surface area contributed by atoms with Crippen molar-refractivity contribution in [2.24, 2.45) is 0 Å². The Bertz CT molecular complexity index is 918. The van der Waals surface area contributed by atoms with Crippen LogP contribution in [0.15, 0.2) is 30.0 Å². The average molecular weight is 408 g/mol. The molecular formula is C17H15Cl2N5OS. The number of halogens is 2. The second-order valence-corrected chi connectivity index (χ2v) is 7.62. The van der Waals surface area contributed by atoms with Gasteiger partial charge in [-0.1, -0.05) is 29.3 Å². The summed E-state index contributed by atoms with van der Waals surface area (Å²) in [4.78, 5) is 20.2. The molecule has 2 heterocycles. The van der Waals surface area contributed by atoms with Gasteiger partial charge in [-0.2, -0.15) is 5.26 Å². The highest BCUT2D eigenvalue weighted by molar-refractivity contribution is 7.15. The van der Waals surface area contributed by atoms with E-state index in [1.807, 2.05) is 6.07 Å². The van der Waals surface area contributed by atoms with Crippen molar-refractivity contribution in [3.05, 3.63) is 50.6 Å². The molecule has 0 aliphatic carbocycles. The molecule has 9 heteroatoms. The van der Waals surface area contributed by atoms with Gasteiger partial charge in [-0.25, -0.2) is 4.98 Å². The number of amides is 1. The first-order chi connectivity index (χ1) is 12.5. The number of hydrogen-bond donors (Lipinski definition) is 2. The maximum atomic E-state index is 12.3. The minimum Gasteiger partial charge on any atom is -0.337 e. The SMILES string of the molecule is CN1CCc2nc(N/C=C(/C#N)C(=O)Nc3cccc(Cl)c3Cl)sc2C1. The highest BCUT2D eigenvalue weighted by Crippen LogP contribution is 2.30. The number of hydrogen-bond acceptors (Lipinski definition) is 6. The molecule has 0 radical (unpaired) electrons. The Labute approximate surface area is 165 Å². The lowest BCUT2D eigenvalue weighted by Crippen LogP contribution is -2.25. The van der Waals surface area contributed by atoms with E-state index >= 15 is 0 Å². The summed E-state index contributed by atoms with van der Waals surface area (Å²) in [5, 5.41) is 16.0. The summed E-state index contributed by atoms with van der Waals surface area (Å²) >= 11 is 13.5. The predicted octanol–water partition coefficient (Wildman–Crippen LogP) is 3.90. The monoisotopic (exact) mass is 407 g/mol. The second kappa shape index (κ2) is 8.06. The van der Waals surface area contributed by atoms with Crippen molar-refractivity contribution in [1.82, 2.24) is 9.88 Å². The van der Waals surface area contributed by atoms with E-state index in [9.17, 15) is 10.1 Å². The number of likely N-dealkylation sites (N-methyl/N-ethyl adjacent to an activating group) is 1. The maximum absolute atomic E-state index is 12.3. The number of benzene rings is 1. The summed E-state index contributed by atoms with van der Waals surface area (Å²) in [5.41, 5.74) is 1.32. The van der Waals surface area contributed by atoms with Gasteiger partial charge in [0.1, 0.15) is 11.6 Å². The number of aromatic nitrogens is 1. The van der Waals surface area contributed by atoms with E-state index in [0.717, 1.165) is 25.2 Å². The topological polar surface area (TPSA) is 81.1 Å². The highest BCUT2D eigenvalue weighted by Gasteiger charge is 2.18. The zero-order chi connectivity index (χ0) is 18.7. The van der Waals surface area contributed by atoms with E-state index < -0.39 is 5.91 Å². The zero-order valence-corrected chi connectivity index (χ0v) is 16.2. The number of nitriles is 1. The molecule has 2 N–H and O–H groups in total. The smallest absolute Gasteiger partial charge is 0.267 e. The van der Waals surface area contributed by atoms with Gasteiger partial charge in [-0.15, -0.1) is 11.3 Å². The lowest BCUT2D eigenvalue weighted by molar-refractivity contribution is -0.112. The molecule has 1 aromatic carbocycles. The Kier molecular flexibility index (Phi) is 5.79. The summed E-state index contributed by atoms with van der Waals surface area (Å²) in [6, 6.07) is 6.76. The Hall–Kier alpha value is -2.11. The molecule has 0 fully saturated rings. The molecule has 0 atom stereocenters. The number of carbonyl (C=O) groups excluding carboxylic acids is 1. The van der Waals surface area contributed by atoms with E-state index in [-0.39, 0.29) is 10.6 Å². The molecule has 1 aromatic heterocycles. The molecule has 0 unspecified atom stereocenters. The molecule has 0 spiro atoms. The number of nitrogens with one attached hydrogen (secondary N) is 2. The summed E-state index contributed by atoms with van der Waals surface area (Å²) in [6.07, 6.45) is 2.24. The van der Waals surface area contributed by atoms with Crippen LogP contribution in [0.4, 0.5) is 10.8 Å². The number of rotatable bonds is 4. The number of nitrogens with zero attached hydrogens (tertiary/aromatic N) is 3. The van der Waals surface area contributed by atoms with E-state index in [1.165, 1.54) is 22.4 Å². The van der Waals surface area contributed by atoms with Crippen LogP contribution in [0.2, 0.25) is 10.0 Å². The third-order valence-electron chi connectivity index (χ3n) is 3.83. The van der Waals surface area contributed by atoms with Gasteiger partial charge in [0.15, 0.2) is 5.13 Å². The van der Waals surface area contributed by atoms with Crippen LogP contribution >= 0.6 is 34.5 Å². The molecule has 6 nitrogen and oxygen atoms in total. The van der Waals surface area contributed by atoms with Gasteiger partial charge in [0, 0.05) is 30.6 Å². The van der Waals surface area contributed by atoms with Crippen LogP contribution < -0.4 is 10.6 Å². The number of fused-ring (bicyclic) bond motifs is 1. The lowest BCUT2D eigenvalue weighted by Gasteiger charge is -2.20. The van der Waals surface area contributed by atoms with Crippen LogP contribution in [0.3, 0.4) is 0 Å². The van der Waals surface area contributed by atoms with E-state index in [2.05, 4.69) is 27.6 Å². The first-order valence-corrected chi connectivity index (χ1v) is 9.34. The van der Waals surface area contributed by atoms with Gasteiger partial charge in [0.05, 0.1) is 21.4 Å². The molecule has 1 amide bonds. The molecule has 0 bridgehead atoms. The Morgan fingerprint density at radius 1 is 1.46 bits per heavy atom. The fourth-order valence-corrected chi connectivity index (χ4v) is 3.86. The molecule has 1 aliphatic heterocycles. The van der Waals surface area contributed by atoms with Gasteiger partial charge in [0.25, 0.3) is 5.91 Å². The minimum atomic E-state index is -0.579. The van der Waals surface area contributed by atoms with Crippen molar-refractivity contribution in [3.8, 4) is 6.07 Å². The van der Waals surface area contributed by atoms with Crippen molar-refractivity contribution in [1.29, 1.82) is 5.26 Å². The molecule has 0 saturated carbocycles. The molecule has 1 aliphatic rings. The normalized spacial score (nSPS) is 14.5. The Morgan fingerprint density at radius 3 is 3.04 bits per heavy atom. The summed E-state index contributed by atoms with van der Waals surface area (Å²) < 4.78 is 0. The number of thiazole rings is 1. The van der Waals surface area contributed by atoms with Crippen molar-refractivity contribution in [2.45, 2.75) is 13.0 Å². The fourth-order valence-electron chi connectivity index (χ4n) is 2.46. The van der Waals surface area contributed by atoms with Gasteiger partial charge < -0.3 is 15.5 Å². The lowest BCUT2D eigenvalue weighted by atomic mass is 10.2. The van der Waals surface area contributed by atoms with Gasteiger partial charge in [0.2, 0.25) is 0 Å². The van der Waals surface area contributed by atoms with Crippen LogP contribution in [0.25, 0.3) is 0 Å². The fraction of sp³-hybridized carbons (Fsp3) is 0.235. The van der Waals surface area contributed by atoms with Crippen molar-refractivity contribution >= 4 is 51.3 Å². The van der Waals surface area contributed by atoms with Crippen LogP contribution in [-0.4, -0.2) is 29.4 Å². The second-order valence-electron chi connectivity index (χ2n) is 5.75. The molecular weight excluding hydrogens is 393 g/mol. The molecule has 3 rings (SSSR count). The van der Waals surface area contributed by atoms with Crippen molar-refractivity contribution in [3.63, 3.8) is 0 Å². The molecule has 26 heavy (non-hydrogen) atoms. The van der Waals surface area contributed by atoms with E-state index in [0.29, 0.717) is 15.8 Å². The van der Waals surface area contributed by atoms with Crippen molar-refractivity contribution in [2.75, 3.05) is 24.2 Å². The first kappa shape index (κ1) is 18.7. The first-order valence-electron chi connectivity index (χ1n) is 7.77. The molecule has 0 saturated heterocycles. The van der Waals surface area contributed by atoms with Gasteiger partial charge in [-0.3, -0.25) is 4.79 Å². The molecule has 134 valence electrons. The van der Waals surface area contributed by atoms with Gasteiger partial charge in [-0.05, 0) is 19.2 Å². The summed E-state index contributed by atoms with van der Waals surface area (Å²) in [7, 11) is 2.06. The van der Waals surface area contributed by atoms with Gasteiger partial charge >= 0.3 is 0 Å². The van der Waals surface area contributed by atoms with Crippen LogP contribution in [-0.2, 0) is 17.8 Å². The van der Waals surface area contributed by atoms with E-state index in [1.54, 1.807) is 18.2 Å². The Morgan fingerprint density at radius 2 is 2.27 bits per heavy atom. The summed E-state index contributed by atoms with van der Waals surface area (Å²) in [6.45, 7) is 1.83. The van der Waals surface area contributed by atoms with Crippen molar-refractivity contribution < 1.29 is 4.79 Å². The highest BCUT2D eigenvalue weighted by atomic mass is 35.5. The van der Waals surface area contributed by atoms with Crippen LogP contribution in [0.1, 0.15) is 10.6 Å². The quantitative estimate of drug-likeness (QED) is 0.593. The maximum Gasteiger partial charge on any atom is 0.267 e. The predicted molar refractivity (Wildman–Crippen MR) is 105 cm³/mol.